The van der Waals surface area contributed by atoms with Gasteiger partial charge in [0.2, 0.25) is 0 Å². The summed E-state index contributed by atoms with van der Waals surface area (Å²) in [6, 6.07) is 121. The number of nitrogens with zero attached hydrogens (tertiary/aromatic N) is 2. The van der Waals surface area contributed by atoms with Crippen molar-refractivity contribution in [3.05, 3.63) is 352 Å². The summed E-state index contributed by atoms with van der Waals surface area (Å²) in [7, 11) is 0. The summed E-state index contributed by atoms with van der Waals surface area (Å²) in [6.45, 7) is 0. The van der Waals surface area contributed by atoms with Crippen molar-refractivity contribution in [1.29, 1.82) is 0 Å². The molecule has 20 rings (SSSR count). The number of fused-ring (bicyclic) bond motifs is 12. The molecule has 4 aromatic heterocycles. The van der Waals surface area contributed by atoms with Crippen LogP contribution in [0.1, 0.15) is 0 Å². The van der Waals surface area contributed by atoms with Crippen LogP contribution in [0, 0.1) is 0 Å². The zero-order chi connectivity index (χ0) is 64.6. The third-order valence-electron chi connectivity index (χ3n) is 19.8. The number of aromatic nitrogens is 2. The molecule has 0 aliphatic carbocycles. The summed E-state index contributed by atoms with van der Waals surface area (Å²) in [5.74, 6) is 0. The molecule has 0 radical (unpaired) electrons. The lowest BCUT2D eigenvalue weighted by atomic mass is 9.86. The van der Waals surface area contributed by atoms with Crippen LogP contribution in [0.4, 0.5) is 0 Å². The van der Waals surface area contributed by atoms with Gasteiger partial charge in [-0.15, -0.1) is 0 Å². The molecule has 16 aromatic carbocycles. The Morgan fingerprint density at radius 3 is 0.990 bits per heavy atom. The second kappa shape index (κ2) is 23.5. The molecule has 0 saturated carbocycles. The van der Waals surface area contributed by atoms with Crippen molar-refractivity contribution >= 4 is 109 Å². The van der Waals surface area contributed by atoms with Gasteiger partial charge in [-0.3, -0.25) is 9.97 Å². The maximum Gasteiger partial charge on any atom is 0.136 e. The van der Waals surface area contributed by atoms with Gasteiger partial charge in [0.25, 0.3) is 0 Å². The molecule has 0 amide bonds. The first-order valence-corrected chi connectivity index (χ1v) is 33.4. The van der Waals surface area contributed by atoms with Crippen LogP contribution in [-0.2, 0) is 0 Å². The highest BCUT2D eigenvalue weighted by Crippen LogP contribution is 2.47. The van der Waals surface area contributed by atoms with Gasteiger partial charge in [-0.2, -0.15) is 0 Å². The van der Waals surface area contributed by atoms with E-state index in [0.29, 0.717) is 0 Å². The maximum atomic E-state index is 6.37. The van der Waals surface area contributed by atoms with Gasteiger partial charge in [0.1, 0.15) is 22.3 Å². The Kier molecular flexibility index (Phi) is 13.5. The van der Waals surface area contributed by atoms with Gasteiger partial charge < -0.3 is 8.83 Å². The van der Waals surface area contributed by atoms with E-state index in [-0.39, 0.29) is 0 Å². The lowest BCUT2D eigenvalue weighted by Gasteiger charge is -2.17. The lowest BCUT2D eigenvalue weighted by molar-refractivity contribution is 0.669. The fourth-order valence-electron chi connectivity index (χ4n) is 15.2. The maximum absolute atomic E-state index is 6.37. The highest BCUT2D eigenvalue weighted by Gasteiger charge is 2.22. The molecular weight excluding hydrogens is 1190 g/mol. The smallest absolute Gasteiger partial charge is 0.136 e. The van der Waals surface area contributed by atoms with Crippen molar-refractivity contribution in [1.82, 2.24) is 9.97 Å². The fourth-order valence-corrected chi connectivity index (χ4v) is 15.2. The van der Waals surface area contributed by atoms with Crippen molar-refractivity contribution in [2.24, 2.45) is 0 Å². The van der Waals surface area contributed by atoms with E-state index in [1.165, 1.54) is 109 Å². The Labute approximate surface area is 565 Å². The van der Waals surface area contributed by atoms with E-state index in [4.69, 9.17) is 18.8 Å². The van der Waals surface area contributed by atoms with Crippen LogP contribution in [0.25, 0.3) is 198 Å². The number of rotatable bonds is 8. The van der Waals surface area contributed by atoms with Gasteiger partial charge in [0, 0.05) is 56.2 Å². The topological polar surface area (TPSA) is 52.1 Å². The molecule has 0 spiro atoms. The predicted molar refractivity (Wildman–Crippen MR) is 412 cm³/mol. The molecule has 456 valence electrons. The number of benzene rings is 16. The SMILES string of the molecule is c1ccc(-c2ccc(-c3c4ccccc4c(-c4ccc(-c5ccc6oc7cc8ccccc8cc7c6c5)cn4)c4ccccc34)cc2)cc1.c1ccc(-c2ccc(-c3c4ccccc4c(-c4ccc(-c5cccc6oc7cc8ccccc8cc7c56)cn4)c4ccccc34)cc2)cc1. The number of pyridine rings is 2. The summed E-state index contributed by atoms with van der Waals surface area (Å²) in [5.41, 5.74) is 22.0. The minimum absolute atomic E-state index is 0.885. The normalized spacial score (nSPS) is 11.7. The van der Waals surface area contributed by atoms with Crippen molar-refractivity contribution in [3.8, 4) is 89.3 Å². The van der Waals surface area contributed by atoms with E-state index >= 15 is 0 Å². The Balaban J connectivity index is 0.000000137. The summed E-state index contributed by atoms with van der Waals surface area (Å²) in [5, 5.41) is 18.9. The quantitative estimate of drug-likeness (QED) is 0.142. The van der Waals surface area contributed by atoms with Crippen molar-refractivity contribution in [2.45, 2.75) is 0 Å². The first-order valence-electron chi connectivity index (χ1n) is 33.4. The standard InChI is InChI=1S/2C47H29NO/c1-2-11-30(12-3-1)31-21-23-32(24-22-31)45-37-15-6-8-17-39(37)46(40-18-9-7-16-38(40)45)42-26-25-35(29-48-42)36-19-10-20-43-47(36)41-27-33-13-4-5-14-34(33)28-44(41)49-43;1-2-10-30(11-3-1)31-18-20-32(21-19-31)46-37-14-6-8-16-39(37)47(40-17-9-7-15-38(40)46)43-24-22-36(29-48-43)35-23-25-44-41(27-35)42-26-33-12-4-5-13-34(33)28-45(42)49-44/h2*1-29H. The molecule has 0 bridgehead atoms. The zero-order valence-electron chi connectivity index (χ0n) is 53.2. The second-order valence-electron chi connectivity index (χ2n) is 25.4. The van der Waals surface area contributed by atoms with Crippen LogP contribution < -0.4 is 0 Å². The fraction of sp³-hybridized carbons (Fsp3) is 0. The number of furan rings is 2. The second-order valence-corrected chi connectivity index (χ2v) is 25.4. The van der Waals surface area contributed by atoms with Gasteiger partial charge >= 0.3 is 0 Å². The zero-order valence-corrected chi connectivity index (χ0v) is 53.2. The molecule has 0 saturated heterocycles. The molecule has 98 heavy (non-hydrogen) atoms. The first-order chi connectivity index (χ1) is 48.6. The van der Waals surface area contributed by atoms with E-state index in [2.05, 4.69) is 340 Å². The largest absolute Gasteiger partial charge is 0.456 e. The van der Waals surface area contributed by atoms with Crippen LogP contribution in [0.15, 0.2) is 361 Å². The molecule has 0 unspecified atom stereocenters. The number of hydrogen-bond donors (Lipinski definition) is 0. The molecule has 0 aliphatic heterocycles. The summed E-state index contributed by atoms with van der Waals surface area (Å²) in [6.07, 6.45) is 4.03. The minimum Gasteiger partial charge on any atom is -0.456 e. The van der Waals surface area contributed by atoms with Crippen molar-refractivity contribution in [2.75, 3.05) is 0 Å². The van der Waals surface area contributed by atoms with Gasteiger partial charge in [-0.25, -0.2) is 0 Å². The van der Waals surface area contributed by atoms with E-state index in [9.17, 15) is 0 Å². The third kappa shape index (κ3) is 9.68. The number of hydrogen-bond acceptors (Lipinski definition) is 4. The molecule has 4 nitrogen and oxygen atoms in total. The van der Waals surface area contributed by atoms with Gasteiger partial charge in [-0.05, 0) is 175 Å². The lowest BCUT2D eigenvalue weighted by Crippen LogP contribution is -1.93. The van der Waals surface area contributed by atoms with E-state index in [1.54, 1.807) is 0 Å². The van der Waals surface area contributed by atoms with Gasteiger partial charge in [0.15, 0.2) is 0 Å². The molecule has 0 aliphatic rings. The summed E-state index contributed by atoms with van der Waals surface area (Å²) >= 11 is 0. The Hall–Kier alpha value is -13.0. The van der Waals surface area contributed by atoms with Crippen LogP contribution >= 0.6 is 0 Å². The minimum atomic E-state index is 0.885. The van der Waals surface area contributed by atoms with Gasteiger partial charge in [0.05, 0.1) is 11.4 Å². The Morgan fingerprint density at radius 1 is 0.184 bits per heavy atom. The molecule has 0 N–H and O–H groups in total. The van der Waals surface area contributed by atoms with E-state index < -0.39 is 0 Å². The van der Waals surface area contributed by atoms with Crippen molar-refractivity contribution in [3.63, 3.8) is 0 Å². The highest BCUT2D eigenvalue weighted by atomic mass is 16.3. The van der Waals surface area contributed by atoms with Crippen molar-refractivity contribution < 1.29 is 8.83 Å². The van der Waals surface area contributed by atoms with Crippen LogP contribution in [0.5, 0.6) is 0 Å². The molecule has 4 heteroatoms. The molecule has 4 heterocycles. The summed E-state index contributed by atoms with van der Waals surface area (Å²) in [4.78, 5) is 10.3. The Bertz CT molecular complexity index is 6370. The third-order valence-corrected chi connectivity index (χ3v) is 19.8. The average Bonchev–Trinajstić information content (AvgIpc) is 0.941. The molecule has 0 fully saturated rings. The van der Waals surface area contributed by atoms with Crippen LogP contribution in [-0.4, -0.2) is 9.97 Å². The van der Waals surface area contributed by atoms with Gasteiger partial charge in [-0.1, -0.05) is 285 Å². The average molecular weight is 1250 g/mol. The molecule has 20 aromatic rings. The monoisotopic (exact) mass is 1250 g/mol. The van der Waals surface area contributed by atoms with E-state index in [0.717, 1.165) is 88.6 Å². The molecule has 0 atom stereocenters. The highest BCUT2D eigenvalue weighted by molar-refractivity contribution is 6.23. The van der Waals surface area contributed by atoms with Crippen LogP contribution in [0.3, 0.4) is 0 Å². The van der Waals surface area contributed by atoms with E-state index in [1.807, 2.05) is 12.4 Å². The summed E-state index contributed by atoms with van der Waals surface area (Å²) < 4.78 is 12.6. The predicted octanol–water partition coefficient (Wildman–Crippen LogP) is 26.2. The first kappa shape index (κ1) is 56.5. The Morgan fingerprint density at radius 2 is 0.531 bits per heavy atom. The van der Waals surface area contributed by atoms with Crippen LogP contribution in [0.2, 0.25) is 0 Å². The molecular formula is C94H58N2O2.